The third-order valence-corrected chi connectivity index (χ3v) is 6.54. The fraction of sp³-hybridized carbons (Fsp3) is 1.00. The van der Waals surface area contributed by atoms with Gasteiger partial charge in [0.15, 0.2) is 0 Å². The standard InChI is InChI=1S/C6H21N3Si2/c1-8(2)5-10-7-11-6-9(3)4/h7H,5-6,10-11H2,1-4H3. The molecule has 0 aliphatic rings. The van der Waals surface area contributed by atoms with Gasteiger partial charge in [-0.2, -0.15) is 0 Å². The van der Waals surface area contributed by atoms with E-state index in [-0.39, 0.29) is 19.4 Å². The smallest absolute Gasteiger partial charge is 0.0987 e. The number of nitrogens with one attached hydrogen (secondary N) is 1. The molecule has 0 rings (SSSR count). The van der Waals surface area contributed by atoms with Gasteiger partial charge in [-0.25, -0.2) is 0 Å². The molecule has 1 N–H and O–H groups in total. The van der Waals surface area contributed by atoms with Gasteiger partial charge in [-0.05, 0) is 28.2 Å². The third kappa shape index (κ3) is 10.3. The lowest BCUT2D eigenvalue weighted by atomic mass is 11.0. The van der Waals surface area contributed by atoms with E-state index in [0.717, 1.165) is 0 Å². The first-order chi connectivity index (χ1) is 5.13. The third-order valence-electron chi connectivity index (χ3n) is 1.47. The largest absolute Gasteiger partial charge is 0.367 e. The van der Waals surface area contributed by atoms with Crippen LogP contribution in [0.15, 0.2) is 0 Å². The average molecular weight is 191 g/mol. The molecule has 11 heavy (non-hydrogen) atoms. The van der Waals surface area contributed by atoms with Crippen molar-refractivity contribution in [3.63, 3.8) is 0 Å². The monoisotopic (exact) mass is 191 g/mol. The van der Waals surface area contributed by atoms with E-state index in [1.807, 2.05) is 0 Å². The number of nitrogens with zero attached hydrogens (tertiary/aromatic N) is 2. The molecule has 0 saturated carbocycles. The van der Waals surface area contributed by atoms with Crippen LogP contribution < -0.4 is 4.65 Å². The van der Waals surface area contributed by atoms with Gasteiger partial charge in [-0.15, -0.1) is 0 Å². The number of hydrogen-bond donors (Lipinski definition) is 1. The highest BCUT2D eigenvalue weighted by Gasteiger charge is 1.92. The molecule has 0 radical (unpaired) electrons. The Morgan fingerprint density at radius 1 is 0.909 bits per heavy atom. The van der Waals surface area contributed by atoms with Crippen molar-refractivity contribution in [2.24, 2.45) is 0 Å². The van der Waals surface area contributed by atoms with E-state index in [4.69, 9.17) is 0 Å². The molecule has 0 unspecified atom stereocenters. The molecular formula is C6H21N3Si2. The van der Waals surface area contributed by atoms with Crippen LogP contribution in [0.5, 0.6) is 0 Å². The van der Waals surface area contributed by atoms with Crippen molar-refractivity contribution in [2.75, 3.05) is 40.5 Å². The Hall–Kier alpha value is 0.314. The molecule has 0 aromatic rings. The van der Waals surface area contributed by atoms with E-state index in [1.165, 1.54) is 12.3 Å². The van der Waals surface area contributed by atoms with Gasteiger partial charge >= 0.3 is 0 Å². The van der Waals surface area contributed by atoms with Crippen molar-refractivity contribution in [3.05, 3.63) is 0 Å². The summed E-state index contributed by atoms with van der Waals surface area (Å²) >= 11 is 0. The van der Waals surface area contributed by atoms with Crippen LogP contribution in [0.3, 0.4) is 0 Å². The van der Waals surface area contributed by atoms with E-state index in [0.29, 0.717) is 0 Å². The zero-order valence-electron chi connectivity index (χ0n) is 8.22. The Morgan fingerprint density at radius 2 is 1.27 bits per heavy atom. The van der Waals surface area contributed by atoms with E-state index in [1.54, 1.807) is 0 Å². The van der Waals surface area contributed by atoms with Crippen molar-refractivity contribution in [1.82, 2.24) is 14.4 Å². The molecule has 0 aromatic heterocycles. The first kappa shape index (κ1) is 11.3. The van der Waals surface area contributed by atoms with Crippen LogP contribution in [-0.2, 0) is 0 Å². The average Bonchev–Trinajstić information content (AvgIpc) is 1.85. The topological polar surface area (TPSA) is 18.5 Å². The van der Waals surface area contributed by atoms with Crippen molar-refractivity contribution in [2.45, 2.75) is 0 Å². The SMILES string of the molecule is CN(C)C[SiH2]N[SiH2]CN(C)C. The Morgan fingerprint density at radius 3 is 1.55 bits per heavy atom. The Kier molecular flexibility index (Phi) is 7.19. The first-order valence-electron chi connectivity index (χ1n) is 4.13. The zero-order valence-corrected chi connectivity index (χ0v) is 11.1. The predicted molar refractivity (Wildman–Crippen MR) is 57.3 cm³/mol. The van der Waals surface area contributed by atoms with Crippen molar-refractivity contribution >= 4 is 19.4 Å². The summed E-state index contributed by atoms with van der Waals surface area (Å²) in [7, 11) is 8.63. The summed E-state index contributed by atoms with van der Waals surface area (Å²) in [5, 5.41) is 0. The molecule has 0 saturated heterocycles. The molecule has 0 heterocycles. The molecule has 5 heteroatoms. The minimum absolute atomic E-state index is 0.0319. The lowest BCUT2D eigenvalue weighted by molar-refractivity contribution is 0.472. The van der Waals surface area contributed by atoms with Gasteiger partial charge in [0.2, 0.25) is 0 Å². The van der Waals surface area contributed by atoms with E-state index in [9.17, 15) is 0 Å². The maximum absolute atomic E-state index is 3.64. The Labute approximate surface area is 74.9 Å². The normalized spacial score (nSPS) is 13.6. The summed E-state index contributed by atoms with van der Waals surface area (Å²) in [6.45, 7) is 0. The highest BCUT2D eigenvalue weighted by molar-refractivity contribution is 6.50. The Bertz CT molecular complexity index is 77.9. The summed E-state index contributed by atoms with van der Waals surface area (Å²) < 4.78 is 3.64. The van der Waals surface area contributed by atoms with Crippen LogP contribution in [0.4, 0.5) is 0 Å². The van der Waals surface area contributed by atoms with Crippen LogP contribution in [0.25, 0.3) is 0 Å². The maximum Gasteiger partial charge on any atom is 0.0987 e. The summed E-state index contributed by atoms with van der Waals surface area (Å²) in [6.07, 6.45) is 2.58. The summed E-state index contributed by atoms with van der Waals surface area (Å²) in [4.78, 5) is 4.53. The maximum atomic E-state index is 3.64. The quantitative estimate of drug-likeness (QED) is 0.379. The zero-order chi connectivity index (χ0) is 8.69. The van der Waals surface area contributed by atoms with E-state index >= 15 is 0 Å². The Balaban J connectivity index is 2.91. The molecular weight excluding hydrogens is 170 g/mol. The lowest BCUT2D eigenvalue weighted by Crippen LogP contribution is -2.37. The molecule has 0 aliphatic carbocycles. The predicted octanol–water partition coefficient (Wildman–Crippen LogP) is -2.22. The van der Waals surface area contributed by atoms with E-state index < -0.39 is 0 Å². The van der Waals surface area contributed by atoms with Gasteiger partial charge in [0.25, 0.3) is 0 Å². The van der Waals surface area contributed by atoms with Gasteiger partial charge < -0.3 is 14.4 Å². The minimum atomic E-state index is 0.0319. The lowest BCUT2D eigenvalue weighted by Gasteiger charge is -2.11. The fourth-order valence-electron chi connectivity index (χ4n) is 0.730. The molecule has 0 fully saturated rings. The summed E-state index contributed by atoms with van der Waals surface area (Å²) in [5.41, 5.74) is 0. The van der Waals surface area contributed by atoms with Crippen molar-refractivity contribution < 1.29 is 0 Å². The van der Waals surface area contributed by atoms with Gasteiger partial charge in [-0.3, -0.25) is 0 Å². The minimum Gasteiger partial charge on any atom is -0.367 e. The van der Waals surface area contributed by atoms with Gasteiger partial charge in [0, 0.05) is 12.3 Å². The van der Waals surface area contributed by atoms with Crippen LogP contribution in [-0.4, -0.2) is 69.7 Å². The molecule has 0 aliphatic heterocycles. The van der Waals surface area contributed by atoms with Gasteiger partial charge in [-0.1, -0.05) is 0 Å². The molecule has 0 spiro atoms. The van der Waals surface area contributed by atoms with Crippen LogP contribution >= 0.6 is 0 Å². The first-order valence-corrected chi connectivity index (χ1v) is 7.54. The molecule has 0 aromatic carbocycles. The molecule has 0 bridgehead atoms. The fourth-order valence-corrected chi connectivity index (χ4v) is 3.89. The second-order valence-electron chi connectivity index (χ2n) is 3.36. The molecule has 68 valence electrons. The van der Waals surface area contributed by atoms with Crippen LogP contribution in [0.1, 0.15) is 0 Å². The molecule has 0 amide bonds. The van der Waals surface area contributed by atoms with Crippen LogP contribution in [0, 0.1) is 0 Å². The van der Waals surface area contributed by atoms with Crippen LogP contribution in [0.2, 0.25) is 0 Å². The van der Waals surface area contributed by atoms with E-state index in [2.05, 4.69) is 42.6 Å². The second-order valence-corrected chi connectivity index (χ2v) is 7.25. The molecule has 0 atom stereocenters. The number of hydrogen-bond acceptors (Lipinski definition) is 3. The molecule has 3 nitrogen and oxygen atoms in total. The van der Waals surface area contributed by atoms with Crippen molar-refractivity contribution in [1.29, 1.82) is 0 Å². The summed E-state index contributed by atoms with van der Waals surface area (Å²) in [6, 6.07) is 0. The second kappa shape index (κ2) is 6.99. The van der Waals surface area contributed by atoms with Gasteiger partial charge in [0.1, 0.15) is 0 Å². The van der Waals surface area contributed by atoms with Gasteiger partial charge in [0.05, 0.1) is 19.4 Å². The van der Waals surface area contributed by atoms with Crippen molar-refractivity contribution in [3.8, 4) is 0 Å². The highest BCUT2D eigenvalue weighted by atomic mass is 28.3. The summed E-state index contributed by atoms with van der Waals surface area (Å²) in [5.74, 6) is 0. The highest BCUT2D eigenvalue weighted by Crippen LogP contribution is 1.69. The number of rotatable bonds is 6.